The minimum Gasteiger partial charge on any atom is -0.369 e. The highest BCUT2D eigenvalue weighted by Crippen LogP contribution is 2.46. The van der Waals surface area contributed by atoms with Crippen LogP contribution in [0.2, 0.25) is 0 Å². The quantitative estimate of drug-likeness (QED) is 0.879. The smallest absolute Gasteiger partial charge is 0.232 e. The average molecular weight is 335 g/mol. The lowest BCUT2D eigenvalue weighted by molar-refractivity contribution is -0.131. The molecule has 0 bridgehead atoms. The Balaban J connectivity index is 0.00000100. The van der Waals surface area contributed by atoms with Crippen LogP contribution in [0.4, 0.5) is 4.39 Å². The normalized spacial score (nSPS) is 24.8. The van der Waals surface area contributed by atoms with E-state index in [1.165, 1.54) is 13.1 Å². The third-order valence-electron chi connectivity index (χ3n) is 4.61. The van der Waals surface area contributed by atoms with Gasteiger partial charge in [-0.25, -0.2) is 9.38 Å². The lowest BCUT2D eigenvalue weighted by atomic mass is 9.91. The SMILES string of the molecule is CC[C@]1(C)CC(=O)N(C(c2cncc(F)c2)C2CC2)C(N)=N1.CN. The van der Waals surface area contributed by atoms with Crippen molar-refractivity contribution in [1.29, 1.82) is 0 Å². The maximum absolute atomic E-state index is 13.5. The first-order valence-corrected chi connectivity index (χ1v) is 8.29. The number of carbonyl (C=O) groups excluding carboxylic acids is 1. The molecular formula is C17H26FN5O. The van der Waals surface area contributed by atoms with Crippen molar-refractivity contribution in [3.63, 3.8) is 0 Å². The van der Waals surface area contributed by atoms with Crippen LogP contribution in [0.25, 0.3) is 0 Å². The van der Waals surface area contributed by atoms with Crippen molar-refractivity contribution in [1.82, 2.24) is 9.88 Å². The molecule has 24 heavy (non-hydrogen) atoms. The highest BCUT2D eigenvalue weighted by molar-refractivity contribution is 5.99. The molecule has 7 heteroatoms. The minimum atomic E-state index is -0.439. The second kappa shape index (κ2) is 7.25. The Morgan fingerprint density at radius 3 is 2.58 bits per heavy atom. The number of hydrogen-bond donors (Lipinski definition) is 2. The number of aromatic nitrogens is 1. The largest absolute Gasteiger partial charge is 0.369 e. The Hall–Kier alpha value is -2.02. The lowest BCUT2D eigenvalue weighted by Crippen LogP contribution is -2.52. The average Bonchev–Trinajstić information content (AvgIpc) is 3.37. The van der Waals surface area contributed by atoms with E-state index in [0.29, 0.717) is 17.9 Å². The first-order chi connectivity index (χ1) is 11.4. The van der Waals surface area contributed by atoms with Gasteiger partial charge >= 0.3 is 0 Å². The summed E-state index contributed by atoms with van der Waals surface area (Å²) < 4.78 is 13.5. The molecule has 1 aliphatic heterocycles. The summed E-state index contributed by atoms with van der Waals surface area (Å²) in [7, 11) is 1.50. The summed E-state index contributed by atoms with van der Waals surface area (Å²) in [6, 6.07) is 1.17. The maximum atomic E-state index is 13.5. The molecule has 0 saturated heterocycles. The van der Waals surface area contributed by atoms with Crippen LogP contribution in [0, 0.1) is 11.7 Å². The number of pyridine rings is 1. The number of nitrogens with zero attached hydrogens (tertiary/aromatic N) is 3. The monoisotopic (exact) mass is 335 g/mol. The summed E-state index contributed by atoms with van der Waals surface area (Å²) in [6.07, 6.45) is 5.86. The highest BCUT2D eigenvalue weighted by atomic mass is 19.1. The van der Waals surface area contributed by atoms with Gasteiger partial charge in [0.2, 0.25) is 5.91 Å². The van der Waals surface area contributed by atoms with E-state index in [9.17, 15) is 9.18 Å². The topological polar surface area (TPSA) is 97.6 Å². The molecule has 0 spiro atoms. The van der Waals surface area contributed by atoms with Gasteiger partial charge in [-0.15, -0.1) is 0 Å². The molecule has 1 unspecified atom stereocenters. The van der Waals surface area contributed by atoms with Gasteiger partial charge in [-0.3, -0.25) is 14.7 Å². The highest BCUT2D eigenvalue weighted by Gasteiger charge is 2.44. The number of guanidine groups is 1. The van der Waals surface area contributed by atoms with Crippen molar-refractivity contribution in [3.8, 4) is 0 Å². The van der Waals surface area contributed by atoms with Crippen LogP contribution < -0.4 is 11.5 Å². The predicted molar refractivity (Wildman–Crippen MR) is 91.6 cm³/mol. The minimum absolute atomic E-state index is 0.0435. The van der Waals surface area contributed by atoms with Crippen LogP contribution >= 0.6 is 0 Å². The van der Waals surface area contributed by atoms with Crippen molar-refractivity contribution in [2.45, 2.75) is 51.1 Å². The second-order valence-electron chi connectivity index (χ2n) is 6.48. The van der Waals surface area contributed by atoms with Gasteiger partial charge in [0, 0.05) is 6.20 Å². The molecule has 1 amide bonds. The summed E-state index contributed by atoms with van der Waals surface area (Å²) in [5.41, 5.74) is 10.9. The van der Waals surface area contributed by atoms with Crippen molar-refractivity contribution in [2.75, 3.05) is 7.05 Å². The van der Waals surface area contributed by atoms with Crippen molar-refractivity contribution in [3.05, 3.63) is 29.8 Å². The second-order valence-corrected chi connectivity index (χ2v) is 6.48. The molecule has 2 heterocycles. The van der Waals surface area contributed by atoms with Crippen molar-refractivity contribution >= 4 is 11.9 Å². The Kier molecular flexibility index (Phi) is 5.54. The van der Waals surface area contributed by atoms with Gasteiger partial charge in [0.05, 0.1) is 24.2 Å². The number of hydrogen-bond acceptors (Lipinski definition) is 5. The van der Waals surface area contributed by atoms with Gasteiger partial charge in [0.15, 0.2) is 5.96 Å². The van der Waals surface area contributed by atoms with Crippen molar-refractivity contribution < 1.29 is 9.18 Å². The molecular weight excluding hydrogens is 309 g/mol. The van der Waals surface area contributed by atoms with Gasteiger partial charge < -0.3 is 11.5 Å². The molecule has 4 N–H and O–H groups in total. The van der Waals surface area contributed by atoms with E-state index in [-0.39, 0.29) is 17.9 Å². The van der Waals surface area contributed by atoms with Crippen LogP contribution in [0.3, 0.4) is 0 Å². The molecule has 1 saturated carbocycles. The van der Waals surface area contributed by atoms with Crippen LogP contribution in [-0.4, -0.2) is 34.3 Å². The van der Waals surface area contributed by atoms with E-state index in [2.05, 4.69) is 15.7 Å². The lowest BCUT2D eigenvalue weighted by Gasteiger charge is -2.39. The van der Waals surface area contributed by atoms with Gasteiger partial charge in [-0.2, -0.15) is 0 Å². The fraction of sp³-hybridized carbons (Fsp3) is 0.588. The van der Waals surface area contributed by atoms with Crippen molar-refractivity contribution in [2.24, 2.45) is 22.4 Å². The van der Waals surface area contributed by atoms with Gasteiger partial charge in [-0.05, 0) is 50.8 Å². The van der Waals surface area contributed by atoms with Gasteiger partial charge in [0.1, 0.15) is 5.82 Å². The molecule has 2 atom stereocenters. The van der Waals surface area contributed by atoms with E-state index in [0.717, 1.165) is 25.5 Å². The van der Waals surface area contributed by atoms with Crippen LogP contribution in [0.1, 0.15) is 51.1 Å². The number of carbonyl (C=O) groups is 1. The first-order valence-electron chi connectivity index (χ1n) is 8.29. The molecule has 0 radical (unpaired) electrons. The maximum Gasteiger partial charge on any atom is 0.232 e. The number of rotatable bonds is 4. The van der Waals surface area contributed by atoms with E-state index in [1.54, 1.807) is 11.1 Å². The number of amides is 1. The molecule has 132 valence electrons. The van der Waals surface area contributed by atoms with Crippen LogP contribution in [-0.2, 0) is 4.79 Å². The molecule has 1 fully saturated rings. The predicted octanol–water partition coefficient (Wildman–Crippen LogP) is 1.96. The van der Waals surface area contributed by atoms with Gasteiger partial charge in [0.25, 0.3) is 0 Å². The molecule has 3 rings (SSSR count). The number of nitrogens with two attached hydrogens (primary N) is 2. The van der Waals surface area contributed by atoms with Gasteiger partial charge in [-0.1, -0.05) is 6.92 Å². The molecule has 1 aromatic rings. The third kappa shape index (κ3) is 3.72. The fourth-order valence-electron chi connectivity index (χ4n) is 3.04. The number of aliphatic imine (C=N–C) groups is 1. The standard InChI is InChI=1S/C16H21FN4O.CH5N/c1-3-16(2)7-13(22)21(15(18)20-16)14(10-4-5-10)11-6-12(17)9-19-8-11;1-2/h6,8-10,14H,3-5,7H2,1-2H3,(H2,18,20);2H2,1H3/t14?,16-;/m1./s1. The van der Waals surface area contributed by atoms with E-state index >= 15 is 0 Å². The molecule has 6 nitrogen and oxygen atoms in total. The molecule has 2 aliphatic rings. The fourth-order valence-corrected chi connectivity index (χ4v) is 3.04. The van der Waals surface area contributed by atoms with E-state index < -0.39 is 11.4 Å². The third-order valence-corrected chi connectivity index (χ3v) is 4.61. The van der Waals surface area contributed by atoms with E-state index in [1.807, 2.05) is 13.8 Å². The Bertz CT molecular complexity index is 631. The molecule has 1 aliphatic carbocycles. The first kappa shape index (κ1) is 18.3. The summed E-state index contributed by atoms with van der Waals surface area (Å²) in [5.74, 6) is 0.0913. The molecule has 0 aromatic carbocycles. The summed E-state index contributed by atoms with van der Waals surface area (Å²) in [5, 5.41) is 0. The van der Waals surface area contributed by atoms with Crippen LogP contribution in [0.5, 0.6) is 0 Å². The Morgan fingerprint density at radius 1 is 1.42 bits per heavy atom. The summed E-state index contributed by atoms with van der Waals surface area (Å²) in [6.45, 7) is 3.93. The Morgan fingerprint density at radius 2 is 2.08 bits per heavy atom. The summed E-state index contributed by atoms with van der Waals surface area (Å²) >= 11 is 0. The zero-order valence-corrected chi connectivity index (χ0v) is 14.5. The van der Waals surface area contributed by atoms with E-state index in [4.69, 9.17) is 5.73 Å². The zero-order valence-electron chi connectivity index (χ0n) is 14.5. The Labute approximate surface area is 142 Å². The van der Waals surface area contributed by atoms with Crippen LogP contribution in [0.15, 0.2) is 23.5 Å². The zero-order chi connectivity index (χ0) is 17.9. The number of halogens is 1. The summed E-state index contributed by atoms with van der Waals surface area (Å²) in [4.78, 5) is 22.6. The molecule has 1 aromatic heterocycles.